The predicted molar refractivity (Wildman–Crippen MR) is 183 cm³/mol. The Morgan fingerprint density at radius 2 is 1.77 bits per heavy atom. The van der Waals surface area contributed by atoms with Gasteiger partial charge >= 0.3 is 19.2 Å². The van der Waals surface area contributed by atoms with Gasteiger partial charge in [-0.05, 0) is 82.8 Å². The molecule has 0 saturated carbocycles. The Bertz CT molecular complexity index is 1740. The summed E-state index contributed by atoms with van der Waals surface area (Å²) in [5.74, 6) is -2.35. The molecule has 1 saturated heterocycles. The number of esters is 1. The van der Waals surface area contributed by atoms with Crippen LogP contribution in [-0.2, 0) is 34.1 Å². The summed E-state index contributed by atoms with van der Waals surface area (Å²) in [5, 5.41) is 5.71. The molecule has 0 bridgehead atoms. The average Bonchev–Trinajstić information content (AvgIpc) is 3.63. The van der Waals surface area contributed by atoms with Gasteiger partial charge in [0, 0.05) is 32.5 Å². The van der Waals surface area contributed by atoms with Crippen LogP contribution in [0.15, 0.2) is 48.5 Å². The third-order valence-corrected chi connectivity index (χ3v) is 10.4. The second-order valence-corrected chi connectivity index (χ2v) is 16.2. The Morgan fingerprint density at radius 3 is 2.38 bits per heavy atom. The van der Waals surface area contributed by atoms with Gasteiger partial charge in [-0.15, -0.1) is 11.3 Å². The zero-order chi connectivity index (χ0) is 35.6. The first-order chi connectivity index (χ1) is 22.3. The Labute approximate surface area is 292 Å². The number of nitrogens with zero attached hydrogens (tertiary/aromatic N) is 1. The van der Waals surface area contributed by atoms with Gasteiger partial charge in [0.2, 0.25) is 11.8 Å². The van der Waals surface area contributed by atoms with Crippen molar-refractivity contribution in [2.45, 2.75) is 58.0 Å². The molecule has 1 fully saturated rings. The van der Waals surface area contributed by atoms with Crippen molar-refractivity contribution in [2.24, 2.45) is 5.41 Å². The minimum atomic E-state index is -5.80. The maximum atomic E-state index is 14.3. The number of amides is 3. The summed E-state index contributed by atoms with van der Waals surface area (Å²) in [7, 11) is -5.80. The zero-order valence-corrected chi connectivity index (χ0v) is 30.2. The Morgan fingerprint density at radius 1 is 1.10 bits per heavy atom. The van der Waals surface area contributed by atoms with Crippen LogP contribution >= 0.6 is 41.5 Å². The lowest BCUT2D eigenvalue weighted by atomic mass is 9.85. The molecule has 17 heteroatoms. The maximum absolute atomic E-state index is 14.3. The Balaban J connectivity index is 1.59. The first-order valence-electron chi connectivity index (χ1n) is 14.7. The number of halogens is 3. The van der Waals surface area contributed by atoms with Crippen LogP contribution in [0.5, 0.6) is 0 Å². The van der Waals surface area contributed by atoms with Gasteiger partial charge in [0.05, 0.1) is 17.6 Å². The van der Waals surface area contributed by atoms with E-state index in [2.05, 4.69) is 33.2 Å². The fraction of sp³-hybridized carbons (Fsp3) is 0.419. The standard InChI is InChI=1S/C31H35F2IN3O9PS/c1-5-45-25(38)16-46-21-14-22(27(39)35-20-9-7-19(34)8-10-20)37(15-21)29(41)26(30(2,3)4)36-28(40)24-13-17-12-18(6-11-23(17)48-24)31(32,33)47(42,43)44/h6-13,21-22,26H,5,14-16H2,1-4H3,(H,35,39)(H,36,40)(H2,42,43,44)/t21-,22-,26+/m0/s1. The number of anilines is 1. The summed E-state index contributed by atoms with van der Waals surface area (Å²) < 4.78 is 52.0. The molecule has 1 aliphatic rings. The number of hydrogen-bond donors (Lipinski definition) is 4. The molecule has 4 rings (SSSR count). The molecule has 12 nitrogen and oxygen atoms in total. The maximum Gasteiger partial charge on any atom is 0.399 e. The monoisotopic (exact) mass is 821 g/mol. The van der Waals surface area contributed by atoms with Gasteiger partial charge in [-0.2, -0.15) is 8.78 Å². The molecule has 0 aliphatic carbocycles. The Kier molecular flexibility index (Phi) is 11.7. The van der Waals surface area contributed by atoms with Crippen LogP contribution in [0.4, 0.5) is 14.5 Å². The molecule has 3 aromatic rings. The smallest absolute Gasteiger partial charge is 0.399 e. The van der Waals surface area contributed by atoms with E-state index in [1.807, 2.05) is 12.1 Å². The lowest BCUT2D eigenvalue weighted by Crippen LogP contribution is -2.57. The van der Waals surface area contributed by atoms with Crippen LogP contribution in [0.1, 0.15) is 49.4 Å². The number of rotatable bonds is 11. The zero-order valence-electron chi connectivity index (χ0n) is 26.4. The van der Waals surface area contributed by atoms with Crippen molar-refractivity contribution in [3.05, 3.63) is 62.5 Å². The van der Waals surface area contributed by atoms with E-state index in [-0.39, 0.29) is 36.4 Å². The van der Waals surface area contributed by atoms with Crippen LogP contribution in [-0.4, -0.2) is 76.3 Å². The molecule has 2 aromatic carbocycles. The highest BCUT2D eigenvalue weighted by Crippen LogP contribution is 2.59. The molecular formula is C31H35F2IN3O9PS. The molecule has 1 aliphatic heterocycles. The molecule has 1 aromatic heterocycles. The van der Waals surface area contributed by atoms with E-state index < -0.39 is 66.1 Å². The summed E-state index contributed by atoms with van der Waals surface area (Å²) in [5.41, 5.74) is -5.69. The number of hydrogen-bond acceptors (Lipinski definition) is 8. The SMILES string of the molecule is CCOC(=O)CO[C@H]1C[C@@H](C(=O)Nc2ccc(I)cc2)N(C(=O)[C@@H](NC(=O)c2cc3cc(C(F)(F)P(=O)(O)O)ccc3s2)C(C)(C)C)C1. The highest BCUT2D eigenvalue weighted by molar-refractivity contribution is 14.1. The van der Waals surface area contributed by atoms with Gasteiger partial charge < -0.3 is 34.8 Å². The predicted octanol–water partition coefficient (Wildman–Crippen LogP) is 5.07. The molecule has 2 heterocycles. The lowest BCUT2D eigenvalue weighted by Gasteiger charge is -2.35. The number of thiophene rings is 1. The van der Waals surface area contributed by atoms with Crippen molar-refractivity contribution in [3.63, 3.8) is 0 Å². The van der Waals surface area contributed by atoms with Crippen molar-refractivity contribution < 1.29 is 51.8 Å². The number of likely N-dealkylation sites (tertiary alicyclic amines) is 1. The van der Waals surface area contributed by atoms with E-state index in [0.717, 1.165) is 27.0 Å². The molecule has 260 valence electrons. The Hall–Kier alpha value is -3.02. The topological polar surface area (TPSA) is 172 Å². The summed E-state index contributed by atoms with van der Waals surface area (Å²) in [6.07, 6.45) is -0.616. The minimum Gasteiger partial charge on any atom is -0.464 e. The van der Waals surface area contributed by atoms with E-state index in [0.29, 0.717) is 10.4 Å². The summed E-state index contributed by atoms with van der Waals surface area (Å²) in [6, 6.07) is 9.20. The number of benzene rings is 2. The van der Waals surface area contributed by atoms with Gasteiger partial charge in [-0.25, -0.2) is 4.79 Å². The fourth-order valence-electron chi connectivity index (χ4n) is 5.08. The minimum absolute atomic E-state index is 0.0507. The number of carbonyl (C=O) groups excluding carboxylic acids is 4. The highest BCUT2D eigenvalue weighted by atomic mass is 127. The van der Waals surface area contributed by atoms with Crippen LogP contribution in [0.3, 0.4) is 0 Å². The third-order valence-electron chi connectivity index (χ3n) is 7.54. The summed E-state index contributed by atoms with van der Waals surface area (Å²) >= 11 is 3.08. The number of carbonyl (C=O) groups is 4. The molecule has 0 unspecified atom stereocenters. The number of ether oxygens (including phenoxy) is 2. The normalized spacial score (nSPS) is 17.6. The van der Waals surface area contributed by atoms with E-state index in [1.54, 1.807) is 39.8 Å². The van der Waals surface area contributed by atoms with Crippen LogP contribution in [0, 0.1) is 8.99 Å². The molecular weight excluding hydrogens is 786 g/mol. The van der Waals surface area contributed by atoms with E-state index in [9.17, 15) is 32.5 Å². The van der Waals surface area contributed by atoms with E-state index in [4.69, 9.17) is 19.3 Å². The van der Waals surface area contributed by atoms with Crippen molar-refractivity contribution in [2.75, 3.05) is 25.1 Å². The van der Waals surface area contributed by atoms with E-state index in [1.165, 1.54) is 17.0 Å². The van der Waals surface area contributed by atoms with Gasteiger partial charge in [-0.1, -0.05) is 26.8 Å². The van der Waals surface area contributed by atoms with Crippen molar-refractivity contribution >= 4 is 81.0 Å². The first-order valence-corrected chi connectivity index (χ1v) is 18.2. The van der Waals surface area contributed by atoms with Crippen molar-refractivity contribution in [3.8, 4) is 0 Å². The van der Waals surface area contributed by atoms with Gasteiger partial charge in [0.1, 0.15) is 18.7 Å². The molecule has 0 spiro atoms. The molecule has 0 radical (unpaired) electrons. The van der Waals surface area contributed by atoms with Crippen molar-refractivity contribution in [1.82, 2.24) is 10.2 Å². The summed E-state index contributed by atoms with van der Waals surface area (Å²) in [4.78, 5) is 72.8. The van der Waals surface area contributed by atoms with E-state index >= 15 is 0 Å². The van der Waals surface area contributed by atoms with Crippen LogP contribution in [0.2, 0.25) is 0 Å². The molecule has 48 heavy (non-hydrogen) atoms. The number of nitrogens with one attached hydrogen (secondary N) is 2. The largest absolute Gasteiger partial charge is 0.464 e. The van der Waals surface area contributed by atoms with Gasteiger partial charge in [0.15, 0.2) is 0 Å². The van der Waals surface area contributed by atoms with Gasteiger partial charge in [0.25, 0.3) is 5.91 Å². The molecule has 3 atom stereocenters. The van der Waals surface area contributed by atoms with Crippen molar-refractivity contribution in [1.29, 1.82) is 0 Å². The quantitative estimate of drug-likeness (QED) is 0.117. The summed E-state index contributed by atoms with van der Waals surface area (Å²) in [6.45, 7) is 6.56. The third kappa shape index (κ3) is 8.76. The van der Waals surface area contributed by atoms with Crippen LogP contribution < -0.4 is 10.6 Å². The molecule has 3 amide bonds. The molecule has 4 N–H and O–H groups in total. The lowest BCUT2D eigenvalue weighted by molar-refractivity contribution is -0.150. The number of alkyl halides is 2. The highest BCUT2D eigenvalue weighted by Gasteiger charge is 2.50. The second kappa shape index (κ2) is 14.8. The second-order valence-electron chi connectivity index (χ2n) is 12.2. The average molecular weight is 822 g/mol. The fourth-order valence-corrected chi connectivity index (χ4v) is 6.87. The first kappa shape index (κ1) is 37.8. The number of fused-ring (bicyclic) bond motifs is 1. The van der Waals surface area contributed by atoms with Gasteiger partial charge in [-0.3, -0.25) is 18.9 Å². The van der Waals surface area contributed by atoms with Crippen LogP contribution in [0.25, 0.3) is 10.1 Å².